The van der Waals surface area contributed by atoms with Crippen LogP contribution in [0, 0.1) is 11.7 Å². The first-order valence-corrected chi connectivity index (χ1v) is 7.07. The van der Waals surface area contributed by atoms with Crippen LogP contribution in [0.25, 0.3) is 0 Å². The van der Waals surface area contributed by atoms with Crippen LogP contribution in [0.2, 0.25) is 0 Å². The minimum absolute atomic E-state index is 0.0736. The molecule has 1 N–H and O–H groups in total. The van der Waals surface area contributed by atoms with Crippen LogP contribution in [0.15, 0.2) is 18.2 Å². The molecule has 1 heterocycles. The summed E-state index contributed by atoms with van der Waals surface area (Å²) < 4.78 is 25.0. The summed E-state index contributed by atoms with van der Waals surface area (Å²) >= 11 is 0. The lowest BCUT2D eigenvalue weighted by molar-refractivity contribution is 0.0273. The Morgan fingerprint density at radius 2 is 2.21 bits per heavy atom. The number of ether oxygens (including phenoxy) is 2. The Bertz CT molecular complexity index is 428. The summed E-state index contributed by atoms with van der Waals surface area (Å²) in [4.78, 5) is 0. The summed E-state index contributed by atoms with van der Waals surface area (Å²) in [6.07, 6.45) is 3.69. The van der Waals surface area contributed by atoms with Crippen LogP contribution in [0.3, 0.4) is 0 Å². The number of benzene rings is 1. The van der Waals surface area contributed by atoms with Crippen molar-refractivity contribution < 1.29 is 13.9 Å². The predicted octanol–water partition coefficient (Wildman–Crippen LogP) is 2.67. The molecule has 1 aliphatic carbocycles. The van der Waals surface area contributed by atoms with Crippen molar-refractivity contribution in [2.75, 3.05) is 26.3 Å². The van der Waals surface area contributed by atoms with Gasteiger partial charge in [-0.3, -0.25) is 0 Å². The Morgan fingerprint density at radius 1 is 1.32 bits per heavy atom. The van der Waals surface area contributed by atoms with Crippen LogP contribution in [0.4, 0.5) is 4.39 Å². The fourth-order valence-corrected chi connectivity index (χ4v) is 2.51. The van der Waals surface area contributed by atoms with E-state index < -0.39 is 0 Å². The fourth-order valence-electron chi connectivity index (χ4n) is 2.51. The summed E-state index contributed by atoms with van der Waals surface area (Å²) in [6.45, 7) is 2.95. The topological polar surface area (TPSA) is 30.5 Å². The SMILES string of the molecule is Fc1cc(OCC2CCC2)cc(C2CNCCO2)c1. The molecular formula is C15H20FNO2. The molecule has 3 rings (SSSR count). The second-order valence-electron chi connectivity index (χ2n) is 5.39. The van der Waals surface area contributed by atoms with Gasteiger partial charge in [0.15, 0.2) is 0 Å². The van der Waals surface area contributed by atoms with Crippen molar-refractivity contribution in [1.29, 1.82) is 0 Å². The second kappa shape index (κ2) is 5.88. The van der Waals surface area contributed by atoms with Gasteiger partial charge in [-0.05, 0) is 36.5 Å². The van der Waals surface area contributed by atoms with Gasteiger partial charge in [-0.25, -0.2) is 4.39 Å². The molecule has 1 aliphatic heterocycles. The molecule has 1 aromatic carbocycles. The molecule has 2 fully saturated rings. The van der Waals surface area contributed by atoms with Gasteiger partial charge in [-0.2, -0.15) is 0 Å². The van der Waals surface area contributed by atoms with E-state index in [9.17, 15) is 4.39 Å². The molecule has 3 nitrogen and oxygen atoms in total. The van der Waals surface area contributed by atoms with Gasteiger partial charge in [0.05, 0.1) is 19.3 Å². The third-order valence-electron chi connectivity index (χ3n) is 3.90. The molecule has 0 aromatic heterocycles. The van der Waals surface area contributed by atoms with E-state index >= 15 is 0 Å². The number of nitrogens with one attached hydrogen (secondary N) is 1. The highest BCUT2D eigenvalue weighted by atomic mass is 19.1. The first-order valence-electron chi connectivity index (χ1n) is 7.07. The molecule has 0 spiro atoms. The highest BCUT2D eigenvalue weighted by molar-refractivity contribution is 5.31. The Kier molecular flexibility index (Phi) is 3.99. The van der Waals surface area contributed by atoms with Gasteiger partial charge in [0.1, 0.15) is 11.6 Å². The van der Waals surface area contributed by atoms with Crippen molar-refractivity contribution in [2.24, 2.45) is 5.92 Å². The standard InChI is InChI=1S/C15H20FNO2/c16-13-6-12(15-9-17-4-5-18-15)7-14(8-13)19-10-11-2-1-3-11/h6-8,11,15,17H,1-5,9-10H2. The highest BCUT2D eigenvalue weighted by Crippen LogP contribution is 2.29. The van der Waals surface area contributed by atoms with Crippen LogP contribution in [0.1, 0.15) is 30.9 Å². The normalized spacial score (nSPS) is 23.9. The quantitative estimate of drug-likeness (QED) is 0.908. The predicted molar refractivity (Wildman–Crippen MR) is 70.8 cm³/mol. The van der Waals surface area contributed by atoms with E-state index in [-0.39, 0.29) is 11.9 Å². The first-order chi connectivity index (χ1) is 9.31. The summed E-state index contributed by atoms with van der Waals surface area (Å²) in [7, 11) is 0. The maximum atomic E-state index is 13.6. The average molecular weight is 265 g/mol. The average Bonchev–Trinajstić information content (AvgIpc) is 2.37. The van der Waals surface area contributed by atoms with Crippen LogP contribution in [-0.4, -0.2) is 26.3 Å². The Morgan fingerprint density at radius 3 is 2.89 bits per heavy atom. The van der Waals surface area contributed by atoms with Crippen molar-refractivity contribution in [3.05, 3.63) is 29.6 Å². The molecule has 2 aliphatic rings. The van der Waals surface area contributed by atoms with Gasteiger partial charge in [0.25, 0.3) is 0 Å². The molecule has 0 amide bonds. The Labute approximate surface area is 113 Å². The number of hydrogen-bond donors (Lipinski definition) is 1. The van der Waals surface area contributed by atoms with Crippen LogP contribution in [-0.2, 0) is 4.74 Å². The van der Waals surface area contributed by atoms with Gasteiger partial charge in [0, 0.05) is 19.2 Å². The maximum Gasteiger partial charge on any atom is 0.127 e. The third-order valence-corrected chi connectivity index (χ3v) is 3.90. The molecule has 1 saturated carbocycles. The molecule has 4 heteroatoms. The van der Waals surface area contributed by atoms with Crippen LogP contribution >= 0.6 is 0 Å². The van der Waals surface area contributed by atoms with Gasteiger partial charge in [-0.1, -0.05) is 6.42 Å². The molecule has 1 unspecified atom stereocenters. The van der Waals surface area contributed by atoms with Crippen molar-refractivity contribution in [3.63, 3.8) is 0 Å². The van der Waals surface area contributed by atoms with Crippen molar-refractivity contribution >= 4 is 0 Å². The molecule has 19 heavy (non-hydrogen) atoms. The summed E-state index contributed by atoms with van der Waals surface area (Å²) in [5.41, 5.74) is 0.857. The van der Waals surface area contributed by atoms with E-state index in [0.717, 1.165) is 18.7 Å². The van der Waals surface area contributed by atoms with Gasteiger partial charge in [-0.15, -0.1) is 0 Å². The van der Waals surface area contributed by atoms with E-state index in [1.54, 1.807) is 0 Å². The number of halogens is 1. The molecule has 0 bridgehead atoms. The molecule has 104 valence electrons. The van der Waals surface area contributed by atoms with Crippen molar-refractivity contribution in [3.8, 4) is 5.75 Å². The van der Waals surface area contributed by atoms with Gasteiger partial charge in [0.2, 0.25) is 0 Å². The fraction of sp³-hybridized carbons (Fsp3) is 0.600. The summed E-state index contributed by atoms with van der Waals surface area (Å²) in [5, 5.41) is 3.25. The zero-order valence-electron chi connectivity index (χ0n) is 11.0. The third kappa shape index (κ3) is 3.25. The van der Waals surface area contributed by atoms with E-state index in [4.69, 9.17) is 9.47 Å². The lowest BCUT2D eigenvalue weighted by atomic mass is 9.86. The molecule has 1 aromatic rings. The summed E-state index contributed by atoms with van der Waals surface area (Å²) in [6, 6.07) is 4.89. The zero-order valence-corrected chi connectivity index (χ0v) is 11.0. The molecular weight excluding hydrogens is 245 g/mol. The molecule has 0 radical (unpaired) electrons. The van der Waals surface area contributed by atoms with Gasteiger partial charge >= 0.3 is 0 Å². The lowest BCUT2D eigenvalue weighted by Crippen LogP contribution is -2.33. The second-order valence-corrected chi connectivity index (χ2v) is 5.39. The number of morpholine rings is 1. The molecule has 1 atom stereocenters. The minimum atomic E-state index is -0.254. The largest absolute Gasteiger partial charge is 0.493 e. The van der Waals surface area contributed by atoms with Gasteiger partial charge < -0.3 is 14.8 Å². The van der Waals surface area contributed by atoms with E-state index in [0.29, 0.717) is 24.9 Å². The Balaban J connectivity index is 1.67. The first kappa shape index (κ1) is 12.9. The van der Waals surface area contributed by atoms with E-state index in [1.165, 1.54) is 31.4 Å². The smallest absolute Gasteiger partial charge is 0.127 e. The zero-order chi connectivity index (χ0) is 13.1. The Hall–Kier alpha value is -1.13. The number of hydrogen-bond acceptors (Lipinski definition) is 3. The summed E-state index contributed by atoms with van der Waals surface area (Å²) in [5.74, 6) is 1.02. The number of rotatable bonds is 4. The van der Waals surface area contributed by atoms with Crippen LogP contribution < -0.4 is 10.1 Å². The monoisotopic (exact) mass is 265 g/mol. The van der Waals surface area contributed by atoms with Crippen molar-refractivity contribution in [1.82, 2.24) is 5.32 Å². The maximum absolute atomic E-state index is 13.6. The lowest BCUT2D eigenvalue weighted by Gasteiger charge is -2.26. The highest BCUT2D eigenvalue weighted by Gasteiger charge is 2.20. The van der Waals surface area contributed by atoms with E-state index in [2.05, 4.69) is 5.32 Å². The minimum Gasteiger partial charge on any atom is -0.493 e. The van der Waals surface area contributed by atoms with E-state index in [1.807, 2.05) is 6.07 Å². The van der Waals surface area contributed by atoms with Crippen LogP contribution in [0.5, 0.6) is 5.75 Å². The molecule has 1 saturated heterocycles. The van der Waals surface area contributed by atoms with Crippen molar-refractivity contribution in [2.45, 2.75) is 25.4 Å².